The highest BCUT2D eigenvalue weighted by Crippen LogP contribution is 2.31. The van der Waals surface area contributed by atoms with E-state index in [4.69, 9.17) is 23.2 Å². The van der Waals surface area contributed by atoms with Crippen molar-refractivity contribution < 1.29 is 9.18 Å². The Balaban J connectivity index is 1.72. The van der Waals surface area contributed by atoms with Crippen LogP contribution in [-0.2, 0) is 11.3 Å². The monoisotopic (exact) mass is 394 g/mol. The van der Waals surface area contributed by atoms with E-state index in [1.54, 1.807) is 12.1 Å². The van der Waals surface area contributed by atoms with Gasteiger partial charge in [0.15, 0.2) is 0 Å². The number of halogens is 3. The molecule has 0 spiro atoms. The predicted molar refractivity (Wildman–Crippen MR) is 104 cm³/mol. The molecule has 1 fully saturated rings. The van der Waals surface area contributed by atoms with E-state index in [1.165, 1.54) is 6.07 Å². The lowest BCUT2D eigenvalue weighted by Crippen LogP contribution is -2.35. The molecule has 1 saturated carbocycles. The topological polar surface area (TPSA) is 32.3 Å². The summed E-state index contributed by atoms with van der Waals surface area (Å²) in [4.78, 5) is 14.5. The summed E-state index contributed by atoms with van der Waals surface area (Å²) in [6.45, 7) is 4.34. The SMILES string of the molecule is Cc1cc(C)c(NC(=O)CN(Cc2c(F)cccc2Cl)C2CC2)c(Cl)c1. The van der Waals surface area contributed by atoms with Crippen molar-refractivity contribution in [2.24, 2.45) is 0 Å². The largest absolute Gasteiger partial charge is 0.323 e. The Bertz CT molecular complexity index is 793. The number of aryl methyl sites for hydroxylation is 2. The number of carbonyl (C=O) groups excluding carboxylic acids is 1. The van der Waals surface area contributed by atoms with Gasteiger partial charge in [-0.15, -0.1) is 0 Å². The van der Waals surface area contributed by atoms with Crippen molar-refractivity contribution >= 4 is 34.8 Å². The van der Waals surface area contributed by atoms with E-state index in [2.05, 4.69) is 5.32 Å². The fraction of sp³-hybridized carbons (Fsp3) is 0.350. The molecule has 0 radical (unpaired) electrons. The van der Waals surface area contributed by atoms with Crippen molar-refractivity contribution in [3.05, 3.63) is 62.9 Å². The Hall–Kier alpha value is -1.62. The summed E-state index contributed by atoms with van der Waals surface area (Å²) < 4.78 is 14.1. The summed E-state index contributed by atoms with van der Waals surface area (Å²) in [5.41, 5.74) is 3.01. The average Bonchev–Trinajstić information content (AvgIpc) is 3.38. The van der Waals surface area contributed by atoms with Gasteiger partial charge in [0.1, 0.15) is 5.82 Å². The van der Waals surface area contributed by atoms with Crippen LogP contribution in [0, 0.1) is 19.7 Å². The van der Waals surface area contributed by atoms with E-state index < -0.39 is 0 Å². The molecule has 0 aromatic heterocycles. The van der Waals surface area contributed by atoms with Gasteiger partial charge in [0.05, 0.1) is 17.3 Å². The molecule has 0 saturated heterocycles. The molecule has 6 heteroatoms. The van der Waals surface area contributed by atoms with Crippen molar-refractivity contribution in [1.29, 1.82) is 0 Å². The molecule has 0 unspecified atom stereocenters. The highest BCUT2D eigenvalue weighted by Gasteiger charge is 2.31. The second kappa shape index (κ2) is 7.95. The first-order valence-electron chi connectivity index (χ1n) is 8.58. The zero-order valence-corrected chi connectivity index (χ0v) is 16.3. The lowest BCUT2D eigenvalue weighted by atomic mass is 10.1. The number of hydrogen-bond donors (Lipinski definition) is 1. The summed E-state index contributed by atoms with van der Waals surface area (Å²) >= 11 is 12.4. The van der Waals surface area contributed by atoms with Crippen molar-refractivity contribution in [2.45, 2.75) is 39.3 Å². The fourth-order valence-electron chi connectivity index (χ4n) is 3.08. The Morgan fingerprint density at radius 1 is 1.23 bits per heavy atom. The zero-order chi connectivity index (χ0) is 18.8. The number of rotatable bonds is 6. The molecule has 26 heavy (non-hydrogen) atoms. The quantitative estimate of drug-likeness (QED) is 0.715. The molecule has 1 aliphatic carbocycles. The molecule has 2 aromatic rings. The Morgan fingerprint density at radius 2 is 1.96 bits per heavy atom. The van der Waals surface area contributed by atoms with Crippen LogP contribution in [0.15, 0.2) is 30.3 Å². The van der Waals surface area contributed by atoms with Crippen molar-refractivity contribution in [1.82, 2.24) is 4.90 Å². The first-order chi connectivity index (χ1) is 12.3. The van der Waals surface area contributed by atoms with Crippen LogP contribution in [0.1, 0.15) is 29.5 Å². The van der Waals surface area contributed by atoms with E-state index >= 15 is 0 Å². The van der Waals surface area contributed by atoms with Gasteiger partial charge in [0.25, 0.3) is 0 Å². The molecule has 3 rings (SSSR count). The fourth-order valence-corrected chi connectivity index (χ4v) is 3.67. The summed E-state index contributed by atoms with van der Waals surface area (Å²) in [5, 5.41) is 3.80. The average molecular weight is 395 g/mol. The number of nitrogens with zero attached hydrogens (tertiary/aromatic N) is 1. The number of benzene rings is 2. The van der Waals surface area contributed by atoms with Crippen molar-refractivity contribution in [3.63, 3.8) is 0 Å². The minimum Gasteiger partial charge on any atom is -0.323 e. The molecule has 2 aromatic carbocycles. The zero-order valence-electron chi connectivity index (χ0n) is 14.8. The number of anilines is 1. The molecular formula is C20H21Cl2FN2O. The molecule has 1 amide bonds. The summed E-state index contributed by atoms with van der Waals surface area (Å²) in [5.74, 6) is -0.515. The van der Waals surface area contributed by atoms with Crippen LogP contribution in [0.5, 0.6) is 0 Å². The van der Waals surface area contributed by atoms with Gasteiger partial charge in [-0.25, -0.2) is 4.39 Å². The molecular weight excluding hydrogens is 374 g/mol. The lowest BCUT2D eigenvalue weighted by Gasteiger charge is -2.23. The van der Waals surface area contributed by atoms with E-state index in [0.717, 1.165) is 24.0 Å². The van der Waals surface area contributed by atoms with Gasteiger partial charge in [-0.05, 0) is 56.0 Å². The van der Waals surface area contributed by atoms with Crippen LogP contribution in [0.4, 0.5) is 10.1 Å². The van der Waals surface area contributed by atoms with Gasteiger partial charge in [-0.1, -0.05) is 35.3 Å². The van der Waals surface area contributed by atoms with Gasteiger partial charge < -0.3 is 5.32 Å². The third-order valence-electron chi connectivity index (χ3n) is 4.53. The molecule has 1 aliphatic rings. The molecule has 138 valence electrons. The van der Waals surface area contributed by atoms with Crippen molar-refractivity contribution in [2.75, 3.05) is 11.9 Å². The smallest absolute Gasteiger partial charge is 0.238 e. The number of hydrogen-bond acceptors (Lipinski definition) is 2. The van der Waals surface area contributed by atoms with Gasteiger partial charge in [0, 0.05) is 23.2 Å². The second-order valence-electron chi connectivity index (χ2n) is 6.82. The van der Waals surface area contributed by atoms with Crippen LogP contribution in [0.2, 0.25) is 10.0 Å². The van der Waals surface area contributed by atoms with Crippen LogP contribution in [-0.4, -0.2) is 23.4 Å². The van der Waals surface area contributed by atoms with E-state index in [0.29, 0.717) is 27.8 Å². The van der Waals surface area contributed by atoms with E-state index in [1.807, 2.05) is 30.9 Å². The molecule has 3 nitrogen and oxygen atoms in total. The maximum absolute atomic E-state index is 14.1. The van der Waals surface area contributed by atoms with Gasteiger partial charge in [-0.3, -0.25) is 9.69 Å². The predicted octanol–water partition coefficient (Wildman–Crippen LogP) is 5.35. The molecule has 0 atom stereocenters. The highest BCUT2D eigenvalue weighted by atomic mass is 35.5. The summed E-state index contributed by atoms with van der Waals surface area (Å²) in [6, 6.07) is 8.71. The van der Waals surface area contributed by atoms with E-state index in [9.17, 15) is 9.18 Å². The molecule has 0 heterocycles. The number of amides is 1. The molecule has 0 aliphatic heterocycles. The maximum atomic E-state index is 14.1. The lowest BCUT2D eigenvalue weighted by molar-refractivity contribution is -0.117. The summed E-state index contributed by atoms with van der Waals surface area (Å²) in [7, 11) is 0. The van der Waals surface area contributed by atoms with Gasteiger partial charge in [-0.2, -0.15) is 0 Å². The van der Waals surface area contributed by atoms with Gasteiger partial charge in [0.2, 0.25) is 5.91 Å². The Kier molecular flexibility index (Phi) is 5.86. The minimum absolute atomic E-state index is 0.166. The Labute approximate surface area is 163 Å². The normalized spacial score (nSPS) is 13.9. The number of nitrogens with one attached hydrogen (secondary N) is 1. The Morgan fingerprint density at radius 3 is 2.58 bits per heavy atom. The first-order valence-corrected chi connectivity index (χ1v) is 9.34. The summed E-state index contributed by atoms with van der Waals surface area (Å²) in [6.07, 6.45) is 2.01. The standard InChI is InChI=1S/C20H21Cl2FN2O/c1-12-8-13(2)20(17(22)9-12)24-19(26)11-25(14-6-7-14)10-15-16(21)4-3-5-18(15)23/h3-5,8-9,14H,6-7,10-11H2,1-2H3,(H,24,26). The van der Waals surface area contributed by atoms with Crippen LogP contribution in [0.3, 0.4) is 0 Å². The van der Waals surface area contributed by atoms with Crippen molar-refractivity contribution in [3.8, 4) is 0 Å². The second-order valence-corrected chi connectivity index (χ2v) is 7.64. The third-order valence-corrected chi connectivity index (χ3v) is 5.18. The van der Waals surface area contributed by atoms with Gasteiger partial charge >= 0.3 is 0 Å². The minimum atomic E-state index is -0.346. The first kappa shape index (κ1) is 19.2. The molecule has 1 N–H and O–H groups in total. The highest BCUT2D eigenvalue weighted by molar-refractivity contribution is 6.34. The van der Waals surface area contributed by atoms with Crippen LogP contribution in [0.25, 0.3) is 0 Å². The number of carbonyl (C=O) groups is 1. The van der Waals surface area contributed by atoms with Crippen LogP contribution >= 0.6 is 23.2 Å². The maximum Gasteiger partial charge on any atom is 0.238 e. The van der Waals surface area contributed by atoms with Crippen LogP contribution < -0.4 is 5.32 Å². The van der Waals surface area contributed by atoms with E-state index in [-0.39, 0.29) is 24.3 Å². The molecule has 0 bridgehead atoms. The third kappa shape index (κ3) is 4.56.